The predicted molar refractivity (Wildman–Crippen MR) is 139 cm³/mol. The summed E-state index contributed by atoms with van der Waals surface area (Å²) in [7, 11) is 0. The highest BCUT2D eigenvalue weighted by Crippen LogP contribution is 2.65. The third kappa shape index (κ3) is 3.50. The van der Waals surface area contributed by atoms with Crippen LogP contribution in [0.25, 0.3) is 0 Å². The summed E-state index contributed by atoms with van der Waals surface area (Å²) in [5, 5.41) is 2.89. The molecule has 0 radical (unpaired) electrons. The second kappa shape index (κ2) is 8.17. The van der Waals surface area contributed by atoms with Crippen molar-refractivity contribution in [1.29, 1.82) is 0 Å². The van der Waals surface area contributed by atoms with Crippen LogP contribution >= 0.6 is 0 Å². The lowest BCUT2D eigenvalue weighted by molar-refractivity contribution is -0.124. The van der Waals surface area contributed by atoms with Crippen LogP contribution < -0.4 is 15.0 Å². The van der Waals surface area contributed by atoms with Crippen molar-refractivity contribution in [3.8, 4) is 11.5 Å². The van der Waals surface area contributed by atoms with Crippen LogP contribution in [0.15, 0.2) is 84.9 Å². The molecule has 2 saturated carbocycles. The molecule has 184 valence electrons. The SMILES string of the molecule is Cc1ccccc1Oc1ccc(NC(=O)c2cccc(N3C(=O)[C@@H]4[C@H]5C=C[C@@H]([C@@H]6C[C@H]56)[C@H]4C3=O)c2)cc1. The number of aryl methyl sites for hydroxylation is 1. The van der Waals surface area contributed by atoms with Crippen molar-refractivity contribution in [2.75, 3.05) is 10.2 Å². The third-order valence-corrected chi connectivity index (χ3v) is 8.46. The van der Waals surface area contributed by atoms with Crippen LogP contribution in [0, 0.1) is 42.4 Å². The van der Waals surface area contributed by atoms with Crippen LogP contribution in [0.1, 0.15) is 22.3 Å². The fraction of sp³-hybridized carbons (Fsp3) is 0.258. The number of rotatable bonds is 5. The number of amides is 3. The van der Waals surface area contributed by atoms with Crippen LogP contribution in [0.2, 0.25) is 0 Å². The van der Waals surface area contributed by atoms with Gasteiger partial charge in [-0.05, 0) is 91.1 Å². The molecule has 0 unspecified atom stereocenters. The van der Waals surface area contributed by atoms with E-state index < -0.39 is 0 Å². The fourth-order valence-corrected chi connectivity index (χ4v) is 6.61. The number of benzene rings is 3. The molecule has 3 amide bonds. The smallest absolute Gasteiger partial charge is 0.255 e. The lowest BCUT2D eigenvalue weighted by atomic mass is 9.63. The van der Waals surface area contributed by atoms with Gasteiger partial charge >= 0.3 is 0 Å². The zero-order valence-electron chi connectivity index (χ0n) is 20.3. The molecule has 6 nitrogen and oxygen atoms in total. The second-order valence-electron chi connectivity index (χ2n) is 10.6. The number of hydrogen-bond donors (Lipinski definition) is 1. The molecule has 3 aromatic rings. The molecule has 3 fully saturated rings. The van der Waals surface area contributed by atoms with Gasteiger partial charge in [-0.25, -0.2) is 4.90 Å². The highest BCUT2D eigenvalue weighted by molar-refractivity contribution is 6.23. The Labute approximate surface area is 214 Å². The summed E-state index contributed by atoms with van der Waals surface area (Å²) in [6.07, 6.45) is 5.45. The Hall–Kier alpha value is -4.19. The van der Waals surface area contributed by atoms with Gasteiger partial charge in [0.25, 0.3) is 5.91 Å². The van der Waals surface area contributed by atoms with Crippen molar-refractivity contribution in [2.45, 2.75) is 13.3 Å². The molecule has 1 N–H and O–H groups in total. The van der Waals surface area contributed by atoms with Gasteiger partial charge in [0.1, 0.15) is 11.5 Å². The van der Waals surface area contributed by atoms with Crippen molar-refractivity contribution in [3.63, 3.8) is 0 Å². The maximum Gasteiger partial charge on any atom is 0.255 e. The zero-order chi connectivity index (χ0) is 25.3. The summed E-state index contributed by atoms with van der Waals surface area (Å²) in [5.74, 6) is 1.82. The number of nitrogens with one attached hydrogen (secondary N) is 1. The highest BCUT2D eigenvalue weighted by Gasteiger charge is 2.67. The maximum absolute atomic E-state index is 13.4. The first kappa shape index (κ1) is 22.0. The number of ether oxygens (including phenoxy) is 1. The summed E-state index contributed by atoms with van der Waals surface area (Å²) >= 11 is 0. The fourth-order valence-electron chi connectivity index (χ4n) is 6.61. The molecule has 6 atom stereocenters. The number of nitrogens with zero attached hydrogens (tertiary/aromatic N) is 1. The molecular weight excluding hydrogens is 464 g/mol. The molecule has 3 aromatic carbocycles. The van der Waals surface area contributed by atoms with Crippen molar-refractivity contribution in [1.82, 2.24) is 0 Å². The molecule has 6 heteroatoms. The normalized spacial score (nSPS) is 28.6. The van der Waals surface area contributed by atoms with E-state index in [1.165, 1.54) is 4.90 Å². The molecule has 0 spiro atoms. The Morgan fingerprint density at radius 1 is 0.865 bits per heavy atom. The summed E-state index contributed by atoms with van der Waals surface area (Å²) in [4.78, 5) is 41.2. The molecule has 2 bridgehead atoms. The minimum absolute atomic E-state index is 0.124. The summed E-state index contributed by atoms with van der Waals surface area (Å²) in [6, 6.07) is 21.7. The Bertz CT molecular complexity index is 1440. The monoisotopic (exact) mass is 490 g/mol. The van der Waals surface area contributed by atoms with Crippen molar-refractivity contribution in [2.24, 2.45) is 35.5 Å². The second-order valence-corrected chi connectivity index (χ2v) is 10.6. The number of imide groups is 1. The summed E-state index contributed by atoms with van der Waals surface area (Å²) in [6.45, 7) is 1.98. The molecule has 8 rings (SSSR count). The Kier molecular flexibility index (Phi) is 4.86. The number of anilines is 2. The number of para-hydroxylation sites is 1. The van der Waals surface area contributed by atoms with Gasteiger partial charge < -0.3 is 10.1 Å². The van der Waals surface area contributed by atoms with Gasteiger partial charge in [0.05, 0.1) is 17.5 Å². The molecule has 1 heterocycles. The van der Waals surface area contributed by atoms with Crippen molar-refractivity contribution < 1.29 is 19.1 Å². The Balaban J connectivity index is 1.07. The van der Waals surface area contributed by atoms with Crippen molar-refractivity contribution >= 4 is 29.1 Å². The molecule has 0 aromatic heterocycles. The topological polar surface area (TPSA) is 75.7 Å². The average Bonchev–Trinajstić information content (AvgIpc) is 3.69. The predicted octanol–water partition coefficient (Wildman–Crippen LogP) is 5.60. The van der Waals surface area contributed by atoms with Gasteiger partial charge in [-0.1, -0.05) is 36.4 Å². The van der Waals surface area contributed by atoms with E-state index in [2.05, 4.69) is 17.5 Å². The largest absolute Gasteiger partial charge is 0.457 e. The Morgan fingerprint density at radius 2 is 1.54 bits per heavy atom. The lowest BCUT2D eigenvalue weighted by Crippen LogP contribution is -2.40. The number of carbonyl (C=O) groups excluding carboxylic acids is 3. The van der Waals surface area contributed by atoms with E-state index in [9.17, 15) is 14.4 Å². The van der Waals surface area contributed by atoms with Crippen LogP contribution in [0.4, 0.5) is 11.4 Å². The third-order valence-electron chi connectivity index (χ3n) is 8.46. The van der Waals surface area contributed by atoms with E-state index in [4.69, 9.17) is 4.74 Å². The minimum Gasteiger partial charge on any atom is -0.457 e. The highest BCUT2D eigenvalue weighted by atomic mass is 16.5. The van der Waals surface area contributed by atoms with Gasteiger partial charge in [-0.2, -0.15) is 0 Å². The van der Waals surface area contributed by atoms with E-state index in [-0.39, 0.29) is 41.4 Å². The molecule has 4 aliphatic carbocycles. The standard InChI is InChI=1S/C31H26N2O4/c1-17-5-2-3-8-26(17)37-21-11-9-19(10-12-21)32-29(34)18-6-4-7-20(15-18)33-30(35)27-22-13-14-23(25-16-24(22)25)28(27)31(33)36/h2-15,22-25,27-28H,16H2,1H3,(H,32,34)/t22-,23-,24-,25+,27+,28+/m0/s1. The average molecular weight is 491 g/mol. The first-order valence-electron chi connectivity index (χ1n) is 12.8. The molecular formula is C31H26N2O4. The van der Waals surface area contributed by atoms with E-state index in [1.54, 1.807) is 48.5 Å². The molecule has 1 aliphatic heterocycles. The quantitative estimate of drug-likeness (QED) is 0.373. The number of carbonyl (C=O) groups is 3. The van der Waals surface area contributed by atoms with Crippen molar-refractivity contribution in [3.05, 3.63) is 96.1 Å². The van der Waals surface area contributed by atoms with E-state index in [0.717, 1.165) is 17.7 Å². The minimum atomic E-state index is -0.311. The molecule has 37 heavy (non-hydrogen) atoms. The van der Waals surface area contributed by atoms with Gasteiger partial charge in [0.2, 0.25) is 11.8 Å². The molecule has 1 saturated heterocycles. The van der Waals surface area contributed by atoms with Gasteiger partial charge in [-0.3, -0.25) is 14.4 Å². The summed E-state index contributed by atoms with van der Waals surface area (Å²) in [5.41, 5.74) is 2.51. The van der Waals surface area contributed by atoms with E-state index in [1.807, 2.05) is 31.2 Å². The number of allylic oxidation sites excluding steroid dienone is 2. The van der Waals surface area contributed by atoms with Crippen LogP contribution in [0.3, 0.4) is 0 Å². The van der Waals surface area contributed by atoms with E-state index in [0.29, 0.717) is 34.5 Å². The lowest BCUT2D eigenvalue weighted by Gasteiger charge is -2.37. The van der Waals surface area contributed by atoms with Gasteiger partial charge in [0.15, 0.2) is 0 Å². The Morgan fingerprint density at radius 3 is 2.22 bits per heavy atom. The first-order valence-corrected chi connectivity index (χ1v) is 12.8. The zero-order valence-corrected chi connectivity index (χ0v) is 20.3. The maximum atomic E-state index is 13.4. The van der Waals surface area contributed by atoms with Gasteiger partial charge in [-0.15, -0.1) is 0 Å². The van der Waals surface area contributed by atoms with Gasteiger partial charge in [0, 0.05) is 11.3 Å². The van der Waals surface area contributed by atoms with Crippen LogP contribution in [-0.4, -0.2) is 17.7 Å². The van der Waals surface area contributed by atoms with Crippen LogP contribution in [-0.2, 0) is 9.59 Å². The molecule has 5 aliphatic rings. The number of hydrogen-bond acceptors (Lipinski definition) is 4. The summed E-state index contributed by atoms with van der Waals surface area (Å²) < 4.78 is 5.93. The van der Waals surface area contributed by atoms with Crippen LogP contribution in [0.5, 0.6) is 11.5 Å². The first-order chi connectivity index (χ1) is 18.0. The van der Waals surface area contributed by atoms with E-state index >= 15 is 0 Å².